The summed E-state index contributed by atoms with van der Waals surface area (Å²) in [6.07, 6.45) is 1.23. The van der Waals surface area contributed by atoms with Crippen LogP contribution in [-0.4, -0.2) is 36.1 Å². The molecule has 0 spiro atoms. The van der Waals surface area contributed by atoms with Gasteiger partial charge in [0.05, 0.1) is 5.92 Å². The minimum atomic E-state index is -0.950. The lowest BCUT2D eigenvalue weighted by molar-refractivity contribution is -0.142. The first-order chi connectivity index (χ1) is 7.56. The Kier molecular flexibility index (Phi) is 4.73. The van der Waals surface area contributed by atoms with Crippen LogP contribution in [0.4, 0.5) is 0 Å². The highest BCUT2D eigenvalue weighted by Gasteiger charge is 2.31. The molecule has 0 saturated carbocycles. The molecule has 2 unspecified atom stereocenters. The Labute approximate surface area is 95.6 Å². The topological polar surface area (TPSA) is 78.4 Å². The van der Waals surface area contributed by atoms with Crippen molar-refractivity contribution in [1.82, 2.24) is 10.6 Å². The first-order valence-corrected chi connectivity index (χ1v) is 5.80. The van der Waals surface area contributed by atoms with E-state index in [-0.39, 0.29) is 17.7 Å². The molecule has 1 aliphatic heterocycles. The largest absolute Gasteiger partial charge is 0.480 e. The summed E-state index contributed by atoms with van der Waals surface area (Å²) in [5.74, 6) is -0.915. The van der Waals surface area contributed by atoms with Gasteiger partial charge in [-0.2, -0.15) is 0 Å². The van der Waals surface area contributed by atoms with Gasteiger partial charge in [0.2, 0.25) is 5.91 Å². The van der Waals surface area contributed by atoms with Crippen molar-refractivity contribution in [3.05, 3.63) is 0 Å². The molecule has 1 amide bonds. The average molecular weight is 228 g/mol. The van der Waals surface area contributed by atoms with Gasteiger partial charge in [0.25, 0.3) is 0 Å². The van der Waals surface area contributed by atoms with E-state index in [2.05, 4.69) is 10.6 Å². The van der Waals surface area contributed by atoms with E-state index in [9.17, 15) is 9.59 Å². The van der Waals surface area contributed by atoms with Gasteiger partial charge in [0.1, 0.15) is 6.04 Å². The van der Waals surface area contributed by atoms with E-state index in [0.717, 1.165) is 13.0 Å². The fraction of sp³-hybridized carbons (Fsp3) is 0.818. The summed E-state index contributed by atoms with van der Waals surface area (Å²) in [6.45, 7) is 5.37. The molecule has 1 aliphatic rings. The highest BCUT2D eigenvalue weighted by atomic mass is 16.4. The van der Waals surface area contributed by atoms with Crippen LogP contribution in [-0.2, 0) is 9.59 Å². The Morgan fingerprint density at radius 1 is 1.50 bits per heavy atom. The highest BCUT2D eigenvalue weighted by Crippen LogP contribution is 2.16. The molecule has 1 fully saturated rings. The predicted octanol–water partition coefficient (Wildman–Crippen LogP) is 0.211. The number of rotatable bonds is 5. The molecule has 0 aromatic carbocycles. The van der Waals surface area contributed by atoms with Crippen LogP contribution in [0.3, 0.4) is 0 Å². The summed E-state index contributed by atoms with van der Waals surface area (Å²) in [7, 11) is 0. The Bertz CT molecular complexity index is 268. The van der Waals surface area contributed by atoms with Crippen molar-refractivity contribution in [3.8, 4) is 0 Å². The lowest BCUT2D eigenvalue weighted by Crippen LogP contribution is -2.45. The van der Waals surface area contributed by atoms with E-state index >= 15 is 0 Å². The van der Waals surface area contributed by atoms with Gasteiger partial charge in [-0.05, 0) is 18.9 Å². The first kappa shape index (κ1) is 13.0. The number of hydrogen-bond donors (Lipinski definition) is 3. The maximum Gasteiger partial charge on any atom is 0.326 e. The second-order valence-electron chi connectivity index (χ2n) is 4.43. The van der Waals surface area contributed by atoms with Crippen molar-refractivity contribution >= 4 is 11.9 Å². The second kappa shape index (κ2) is 5.84. The maximum atomic E-state index is 11.8. The van der Waals surface area contributed by atoms with Crippen LogP contribution >= 0.6 is 0 Å². The van der Waals surface area contributed by atoms with E-state index in [1.165, 1.54) is 0 Å². The first-order valence-electron chi connectivity index (χ1n) is 5.80. The zero-order valence-corrected chi connectivity index (χ0v) is 9.82. The third kappa shape index (κ3) is 3.20. The lowest BCUT2D eigenvalue weighted by atomic mass is 9.96. The number of carbonyl (C=O) groups excluding carboxylic acids is 1. The molecule has 0 bridgehead atoms. The van der Waals surface area contributed by atoms with E-state index in [0.29, 0.717) is 13.0 Å². The maximum absolute atomic E-state index is 11.8. The number of carboxylic acid groups (broad SMARTS) is 1. The summed E-state index contributed by atoms with van der Waals surface area (Å²) < 4.78 is 0. The third-order valence-electron chi connectivity index (χ3n) is 3.05. The summed E-state index contributed by atoms with van der Waals surface area (Å²) in [6, 6.07) is -0.745. The molecule has 92 valence electrons. The molecule has 0 aromatic heterocycles. The zero-order chi connectivity index (χ0) is 12.1. The second-order valence-corrected chi connectivity index (χ2v) is 4.43. The van der Waals surface area contributed by atoms with Gasteiger partial charge in [-0.15, -0.1) is 0 Å². The summed E-state index contributed by atoms with van der Waals surface area (Å²) >= 11 is 0. The van der Waals surface area contributed by atoms with Crippen LogP contribution in [0.15, 0.2) is 0 Å². The quantitative estimate of drug-likeness (QED) is 0.628. The lowest BCUT2D eigenvalue weighted by Gasteiger charge is -2.18. The fourth-order valence-corrected chi connectivity index (χ4v) is 1.99. The summed E-state index contributed by atoms with van der Waals surface area (Å²) in [4.78, 5) is 22.7. The summed E-state index contributed by atoms with van der Waals surface area (Å²) in [5.41, 5.74) is 0. The van der Waals surface area contributed by atoms with Crippen LogP contribution < -0.4 is 10.6 Å². The van der Waals surface area contributed by atoms with Gasteiger partial charge in [-0.25, -0.2) is 4.79 Å². The zero-order valence-electron chi connectivity index (χ0n) is 9.82. The van der Waals surface area contributed by atoms with Crippen LogP contribution in [0.25, 0.3) is 0 Å². The molecule has 1 heterocycles. The van der Waals surface area contributed by atoms with E-state index in [4.69, 9.17) is 5.11 Å². The van der Waals surface area contributed by atoms with E-state index in [1.54, 1.807) is 0 Å². The van der Waals surface area contributed by atoms with Gasteiger partial charge in [-0.3, -0.25) is 4.79 Å². The fourth-order valence-electron chi connectivity index (χ4n) is 1.99. The molecule has 16 heavy (non-hydrogen) atoms. The molecule has 1 saturated heterocycles. The monoisotopic (exact) mass is 228 g/mol. The van der Waals surface area contributed by atoms with Crippen molar-refractivity contribution in [1.29, 1.82) is 0 Å². The van der Waals surface area contributed by atoms with Crippen molar-refractivity contribution in [2.24, 2.45) is 11.8 Å². The SMILES string of the molecule is CCC[C@@H](NC(=O)C1CNCC1C)C(=O)O. The molecule has 0 aromatic rings. The third-order valence-corrected chi connectivity index (χ3v) is 3.05. The number of nitrogens with one attached hydrogen (secondary N) is 2. The molecular weight excluding hydrogens is 208 g/mol. The van der Waals surface area contributed by atoms with Gasteiger partial charge in [0.15, 0.2) is 0 Å². The Balaban J connectivity index is 2.50. The highest BCUT2D eigenvalue weighted by molar-refractivity contribution is 5.85. The molecular formula is C11H20N2O3. The van der Waals surface area contributed by atoms with E-state index in [1.807, 2.05) is 13.8 Å². The van der Waals surface area contributed by atoms with Crippen molar-refractivity contribution in [3.63, 3.8) is 0 Å². The predicted molar refractivity (Wildman–Crippen MR) is 60.0 cm³/mol. The van der Waals surface area contributed by atoms with Crippen molar-refractivity contribution < 1.29 is 14.7 Å². The number of aliphatic carboxylic acids is 1. The number of amides is 1. The average Bonchev–Trinajstić information content (AvgIpc) is 2.63. The minimum Gasteiger partial charge on any atom is -0.480 e. The minimum absolute atomic E-state index is 0.0984. The van der Waals surface area contributed by atoms with Gasteiger partial charge >= 0.3 is 5.97 Å². The molecule has 1 rings (SSSR count). The number of carbonyl (C=O) groups is 2. The van der Waals surface area contributed by atoms with E-state index < -0.39 is 12.0 Å². The van der Waals surface area contributed by atoms with Gasteiger partial charge in [-0.1, -0.05) is 20.3 Å². The van der Waals surface area contributed by atoms with Crippen LogP contribution in [0, 0.1) is 11.8 Å². The molecule has 3 N–H and O–H groups in total. The molecule has 5 nitrogen and oxygen atoms in total. The number of hydrogen-bond acceptors (Lipinski definition) is 3. The van der Waals surface area contributed by atoms with Crippen LogP contribution in [0.1, 0.15) is 26.7 Å². The molecule has 5 heteroatoms. The summed E-state index contributed by atoms with van der Waals surface area (Å²) in [5, 5.41) is 14.7. The Morgan fingerprint density at radius 3 is 2.62 bits per heavy atom. The van der Waals surface area contributed by atoms with Gasteiger partial charge in [0, 0.05) is 6.54 Å². The van der Waals surface area contributed by atoms with Crippen molar-refractivity contribution in [2.75, 3.05) is 13.1 Å². The normalized spacial score (nSPS) is 26.4. The van der Waals surface area contributed by atoms with Gasteiger partial charge < -0.3 is 15.7 Å². The molecule has 0 aliphatic carbocycles. The Morgan fingerprint density at radius 2 is 2.19 bits per heavy atom. The smallest absolute Gasteiger partial charge is 0.326 e. The van der Waals surface area contributed by atoms with Crippen LogP contribution in [0.2, 0.25) is 0 Å². The Hall–Kier alpha value is -1.10. The van der Waals surface area contributed by atoms with Crippen molar-refractivity contribution in [2.45, 2.75) is 32.7 Å². The molecule has 3 atom stereocenters. The standard InChI is InChI=1S/C11H20N2O3/c1-3-4-9(11(15)16)13-10(14)8-6-12-5-7(8)2/h7-9,12H,3-6H2,1-2H3,(H,13,14)(H,15,16)/t7?,8?,9-/m1/s1. The van der Waals surface area contributed by atoms with Crippen LogP contribution in [0.5, 0.6) is 0 Å². The number of carboxylic acids is 1. The molecule has 0 radical (unpaired) electrons.